The third kappa shape index (κ3) is 3.31. The van der Waals surface area contributed by atoms with E-state index in [1.165, 1.54) is 18.2 Å². The van der Waals surface area contributed by atoms with E-state index >= 15 is 0 Å². The molecule has 3 aromatic rings. The number of aromatic nitrogens is 4. The van der Waals surface area contributed by atoms with Gasteiger partial charge in [-0.25, -0.2) is 0 Å². The number of hydrogen-bond acceptors (Lipinski definition) is 5. The van der Waals surface area contributed by atoms with Gasteiger partial charge in [0.2, 0.25) is 11.1 Å². The minimum absolute atomic E-state index is 0.162. The number of thioether (sulfide) groups is 1. The first kappa shape index (κ1) is 17.0. The van der Waals surface area contributed by atoms with E-state index in [1.807, 2.05) is 29.2 Å². The minimum atomic E-state index is 0.162. The number of rotatable bonds is 4. The summed E-state index contributed by atoms with van der Waals surface area (Å²) in [6, 6.07) is 14.5. The van der Waals surface area contributed by atoms with Crippen LogP contribution in [-0.4, -0.2) is 49.4 Å². The summed E-state index contributed by atoms with van der Waals surface area (Å²) in [5.41, 5.74) is 0.925. The Bertz CT molecular complexity index is 920. The quantitative estimate of drug-likeness (QED) is 0.662. The molecule has 0 bridgehead atoms. The Labute approximate surface area is 156 Å². The van der Waals surface area contributed by atoms with E-state index in [0.29, 0.717) is 17.0 Å². The maximum absolute atomic E-state index is 12.6. The average Bonchev–Trinajstić information content (AvgIpc) is 3.14. The average molecular weight is 367 g/mol. The van der Waals surface area contributed by atoms with Gasteiger partial charge >= 0.3 is 0 Å². The first-order valence-electron chi connectivity index (χ1n) is 8.93. The van der Waals surface area contributed by atoms with Gasteiger partial charge in [-0.1, -0.05) is 48.2 Å². The maximum Gasteiger partial charge on any atom is 0.233 e. The van der Waals surface area contributed by atoms with Crippen LogP contribution >= 0.6 is 11.8 Å². The Kier molecular flexibility index (Phi) is 4.88. The smallest absolute Gasteiger partial charge is 0.233 e. The maximum atomic E-state index is 12.6. The second-order valence-corrected chi connectivity index (χ2v) is 7.53. The van der Waals surface area contributed by atoms with Crippen molar-refractivity contribution in [2.75, 3.05) is 12.3 Å². The number of carbonyl (C=O) groups excluding carboxylic acids is 1. The number of nitrogens with zero attached hydrogens (tertiary/aromatic N) is 5. The molecule has 1 fully saturated rings. The minimum Gasteiger partial charge on any atom is -0.339 e. The van der Waals surface area contributed by atoms with Crippen molar-refractivity contribution in [2.24, 2.45) is 0 Å². The first-order valence-corrected chi connectivity index (χ1v) is 9.91. The van der Waals surface area contributed by atoms with Crippen molar-refractivity contribution in [1.29, 1.82) is 0 Å². The molecule has 1 aromatic heterocycles. The van der Waals surface area contributed by atoms with E-state index in [1.54, 1.807) is 4.68 Å². The van der Waals surface area contributed by atoms with E-state index in [4.69, 9.17) is 0 Å². The fourth-order valence-corrected chi connectivity index (χ4v) is 4.26. The van der Waals surface area contributed by atoms with Crippen LogP contribution < -0.4 is 0 Å². The number of amides is 1. The van der Waals surface area contributed by atoms with Crippen molar-refractivity contribution >= 4 is 28.4 Å². The first-order chi connectivity index (χ1) is 12.7. The molecule has 1 amide bonds. The molecule has 7 heteroatoms. The normalized spacial score (nSPS) is 17.6. The molecule has 0 N–H and O–H groups in total. The summed E-state index contributed by atoms with van der Waals surface area (Å²) >= 11 is 1.40. The lowest BCUT2D eigenvalue weighted by Crippen LogP contribution is -2.42. The largest absolute Gasteiger partial charge is 0.339 e. The molecule has 1 aliphatic rings. The standard InChI is InChI=1S/C19H21N5OS/c1-14-7-4-5-12-23(14)18(25)13-26-19-20-21-22-24(19)17-11-6-9-15-8-2-3-10-16(15)17/h2-3,6,8-11,14H,4-5,7,12-13H2,1H3. The van der Waals surface area contributed by atoms with Crippen LogP contribution in [0.3, 0.4) is 0 Å². The van der Waals surface area contributed by atoms with Gasteiger partial charge in [-0.2, -0.15) is 4.68 Å². The molecule has 6 nitrogen and oxygen atoms in total. The lowest BCUT2D eigenvalue weighted by atomic mass is 10.0. The second kappa shape index (κ2) is 7.45. The fourth-order valence-electron chi connectivity index (χ4n) is 3.49. The van der Waals surface area contributed by atoms with E-state index < -0.39 is 0 Å². The topological polar surface area (TPSA) is 63.9 Å². The Balaban J connectivity index is 1.55. The van der Waals surface area contributed by atoms with E-state index in [2.05, 4.69) is 40.6 Å². The Hall–Kier alpha value is -2.41. The van der Waals surface area contributed by atoms with Crippen molar-refractivity contribution in [2.45, 2.75) is 37.4 Å². The highest BCUT2D eigenvalue weighted by atomic mass is 32.2. The number of hydrogen-bond donors (Lipinski definition) is 0. The van der Waals surface area contributed by atoms with Crippen LogP contribution in [0.1, 0.15) is 26.2 Å². The molecular weight excluding hydrogens is 346 g/mol. The highest BCUT2D eigenvalue weighted by molar-refractivity contribution is 7.99. The number of fused-ring (bicyclic) bond motifs is 1. The summed E-state index contributed by atoms with van der Waals surface area (Å²) in [6.45, 7) is 2.98. The van der Waals surface area contributed by atoms with Gasteiger partial charge in [0.05, 0.1) is 11.4 Å². The predicted octanol–water partition coefficient (Wildman–Crippen LogP) is 3.31. The Morgan fingerprint density at radius 1 is 1.19 bits per heavy atom. The molecule has 0 spiro atoms. The molecular formula is C19H21N5OS. The summed E-state index contributed by atoms with van der Waals surface area (Å²) in [5, 5.41) is 15.0. The molecule has 4 rings (SSSR count). The number of carbonyl (C=O) groups is 1. The third-order valence-corrected chi connectivity index (χ3v) is 5.79. The summed E-state index contributed by atoms with van der Waals surface area (Å²) in [4.78, 5) is 14.6. The van der Waals surface area contributed by atoms with Gasteiger partial charge in [-0.15, -0.1) is 5.10 Å². The molecule has 0 aliphatic carbocycles. The van der Waals surface area contributed by atoms with Gasteiger partial charge in [0.25, 0.3) is 0 Å². The third-order valence-electron chi connectivity index (χ3n) is 4.88. The summed E-state index contributed by atoms with van der Waals surface area (Å²) in [6.07, 6.45) is 3.38. The molecule has 2 aromatic carbocycles. The number of benzene rings is 2. The summed E-state index contributed by atoms with van der Waals surface area (Å²) in [7, 11) is 0. The van der Waals surface area contributed by atoms with Crippen LogP contribution in [0, 0.1) is 0 Å². The zero-order valence-corrected chi connectivity index (χ0v) is 15.5. The van der Waals surface area contributed by atoms with Crippen LogP contribution in [0.4, 0.5) is 0 Å². The lowest BCUT2D eigenvalue weighted by Gasteiger charge is -2.33. The van der Waals surface area contributed by atoms with Crippen LogP contribution in [0.2, 0.25) is 0 Å². The highest BCUT2D eigenvalue weighted by Gasteiger charge is 2.24. The molecule has 1 unspecified atom stereocenters. The van der Waals surface area contributed by atoms with Crippen molar-refractivity contribution in [3.63, 3.8) is 0 Å². The van der Waals surface area contributed by atoms with E-state index in [9.17, 15) is 4.79 Å². The van der Waals surface area contributed by atoms with Crippen molar-refractivity contribution in [1.82, 2.24) is 25.1 Å². The Morgan fingerprint density at radius 2 is 2.04 bits per heavy atom. The van der Waals surface area contributed by atoms with Gasteiger partial charge in [0.1, 0.15) is 0 Å². The van der Waals surface area contributed by atoms with E-state index in [0.717, 1.165) is 35.8 Å². The van der Waals surface area contributed by atoms with Crippen molar-refractivity contribution in [3.8, 4) is 5.69 Å². The SMILES string of the molecule is CC1CCCCN1C(=O)CSc1nnnn1-c1cccc2ccccc12. The molecule has 1 atom stereocenters. The molecule has 0 saturated carbocycles. The zero-order valence-electron chi connectivity index (χ0n) is 14.7. The van der Waals surface area contributed by atoms with Crippen molar-refractivity contribution < 1.29 is 4.79 Å². The van der Waals surface area contributed by atoms with Gasteiger partial charge in [-0.05, 0) is 48.1 Å². The number of tetrazole rings is 1. The molecule has 1 saturated heterocycles. The van der Waals surface area contributed by atoms with Gasteiger partial charge in [0.15, 0.2) is 0 Å². The van der Waals surface area contributed by atoms with Crippen LogP contribution in [-0.2, 0) is 4.79 Å². The monoisotopic (exact) mass is 367 g/mol. The second-order valence-electron chi connectivity index (χ2n) is 6.59. The molecule has 134 valence electrons. The zero-order chi connectivity index (χ0) is 17.9. The summed E-state index contributed by atoms with van der Waals surface area (Å²) < 4.78 is 1.72. The van der Waals surface area contributed by atoms with Crippen LogP contribution in [0.25, 0.3) is 16.5 Å². The molecule has 2 heterocycles. The van der Waals surface area contributed by atoms with Crippen LogP contribution in [0.15, 0.2) is 47.6 Å². The Morgan fingerprint density at radius 3 is 2.92 bits per heavy atom. The van der Waals surface area contributed by atoms with E-state index in [-0.39, 0.29) is 5.91 Å². The summed E-state index contributed by atoms with van der Waals surface area (Å²) in [5.74, 6) is 0.518. The molecule has 0 radical (unpaired) electrons. The molecule has 1 aliphatic heterocycles. The highest BCUT2D eigenvalue weighted by Crippen LogP contribution is 2.26. The van der Waals surface area contributed by atoms with Gasteiger partial charge in [0, 0.05) is 18.0 Å². The molecule has 26 heavy (non-hydrogen) atoms. The predicted molar refractivity (Wildman–Crippen MR) is 102 cm³/mol. The number of piperidine rings is 1. The number of likely N-dealkylation sites (tertiary alicyclic amines) is 1. The lowest BCUT2D eigenvalue weighted by molar-refractivity contribution is -0.131. The van der Waals surface area contributed by atoms with Gasteiger partial charge < -0.3 is 4.90 Å². The van der Waals surface area contributed by atoms with Crippen molar-refractivity contribution in [3.05, 3.63) is 42.5 Å². The van der Waals surface area contributed by atoms with Gasteiger partial charge in [-0.3, -0.25) is 4.79 Å². The fraction of sp³-hybridized carbons (Fsp3) is 0.368. The van der Waals surface area contributed by atoms with Crippen LogP contribution in [0.5, 0.6) is 0 Å².